The Morgan fingerprint density at radius 2 is 2.00 bits per heavy atom. The van der Waals surface area contributed by atoms with E-state index in [4.69, 9.17) is 4.74 Å². The smallest absolute Gasteiger partial charge is 0.119 e. The molecule has 1 aromatic carbocycles. The molecule has 1 aromatic heterocycles. The number of methoxy groups -OCH3 is 1. The number of aryl methyl sites for hydroxylation is 1. The Kier molecular flexibility index (Phi) is 5.00. The average molecular weight is 275 g/mol. The van der Waals surface area contributed by atoms with Crippen molar-refractivity contribution < 1.29 is 4.74 Å². The van der Waals surface area contributed by atoms with Gasteiger partial charge in [-0.1, -0.05) is 19.1 Å². The normalized spacial score (nSPS) is 12.4. The van der Waals surface area contributed by atoms with Gasteiger partial charge in [-0.15, -0.1) is 11.3 Å². The third-order valence-corrected chi connectivity index (χ3v) is 4.47. The van der Waals surface area contributed by atoms with E-state index >= 15 is 0 Å². The molecular weight excluding hydrogens is 254 g/mol. The molecule has 0 aliphatic rings. The Morgan fingerprint density at radius 1 is 1.21 bits per heavy atom. The van der Waals surface area contributed by atoms with Gasteiger partial charge in [0.2, 0.25) is 0 Å². The molecule has 0 aliphatic heterocycles. The molecule has 0 spiro atoms. The third-order valence-electron chi connectivity index (χ3n) is 3.24. The van der Waals surface area contributed by atoms with Gasteiger partial charge in [0, 0.05) is 22.3 Å². The van der Waals surface area contributed by atoms with Gasteiger partial charge in [0.05, 0.1) is 7.11 Å². The molecule has 1 N–H and O–H groups in total. The van der Waals surface area contributed by atoms with Crippen LogP contribution in [0.5, 0.6) is 5.75 Å². The van der Waals surface area contributed by atoms with Crippen molar-refractivity contribution in [3.63, 3.8) is 0 Å². The van der Waals surface area contributed by atoms with E-state index in [-0.39, 0.29) is 0 Å². The summed E-state index contributed by atoms with van der Waals surface area (Å²) in [6.45, 7) is 5.30. The van der Waals surface area contributed by atoms with E-state index in [1.807, 2.05) is 23.5 Å². The molecule has 3 heteroatoms. The largest absolute Gasteiger partial charge is 0.497 e. The molecule has 0 bridgehead atoms. The molecule has 0 aliphatic carbocycles. The van der Waals surface area contributed by atoms with Crippen molar-refractivity contribution in [2.24, 2.45) is 0 Å². The number of hydrogen-bond acceptors (Lipinski definition) is 3. The van der Waals surface area contributed by atoms with Gasteiger partial charge < -0.3 is 10.1 Å². The molecule has 0 unspecified atom stereocenters. The Bertz CT molecular complexity index is 521. The predicted octanol–water partition coefficient (Wildman–Crippen LogP) is 4.17. The van der Waals surface area contributed by atoms with E-state index in [9.17, 15) is 0 Å². The summed E-state index contributed by atoms with van der Waals surface area (Å²) in [6.07, 6.45) is 1.12. The fourth-order valence-electron chi connectivity index (χ4n) is 1.99. The maximum absolute atomic E-state index is 5.26. The summed E-state index contributed by atoms with van der Waals surface area (Å²) in [4.78, 5) is 2.84. The molecule has 1 atom stereocenters. The zero-order chi connectivity index (χ0) is 13.7. The van der Waals surface area contributed by atoms with Crippen molar-refractivity contribution in [2.75, 3.05) is 7.11 Å². The van der Waals surface area contributed by atoms with Crippen LogP contribution in [0, 0.1) is 0 Å². The van der Waals surface area contributed by atoms with Crippen LogP contribution in [0.15, 0.2) is 36.4 Å². The summed E-state index contributed by atoms with van der Waals surface area (Å²) in [6, 6.07) is 13.0. The standard InChI is InChI=1S/C16H21NOS/c1-4-15-8-9-16(19-15)11-17-12(2)13-6-5-7-14(10-13)18-3/h5-10,12,17H,4,11H2,1-3H3/t12-/m0/s1. The second kappa shape index (κ2) is 6.73. The van der Waals surface area contributed by atoms with Crippen molar-refractivity contribution in [1.82, 2.24) is 5.32 Å². The maximum atomic E-state index is 5.26. The topological polar surface area (TPSA) is 21.3 Å². The number of nitrogens with one attached hydrogen (secondary N) is 1. The summed E-state index contributed by atoms with van der Waals surface area (Å²) in [5.41, 5.74) is 1.26. The monoisotopic (exact) mass is 275 g/mol. The third kappa shape index (κ3) is 3.82. The van der Waals surface area contributed by atoms with Crippen LogP contribution < -0.4 is 10.1 Å². The first kappa shape index (κ1) is 14.1. The predicted molar refractivity (Wildman–Crippen MR) is 81.9 cm³/mol. The summed E-state index contributed by atoms with van der Waals surface area (Å²) >= 11 is 1.89. The van der Waals surface area contributed by atoms with Crippen molar-refractivity contribution in [1.29, 1.82) is 0 Å². The molecule has 0 radical (unpaired) electrons. The van der Waals surface area contributed by atoms with E-state index in [0.29, 0.717) is 6.04 Å². The Labute approximate surface area is 119 Å². The van der Waals surface area contributed by atoms with Crippen LogP contribution in [0.2, 0.25) is 0 Å². The Morgan fingerprint density at radius 3 is 2.68 bits per heavy atom. The molecule has 2 nitrogen and oxygen atoms in total. The second-order valence-electron chi connectivity index (χ2n) is 4.60. The van der Waals surface area contributed by atoms with Crippen LogP contribution >= 0.6 is 11.3 Å². The molecule has 0 saturated heterocycles. The second-order valence-corrected chi connectivity index (χ2v) is 5.85. The SMILES string of the molecule is CCc1ccc(CN[C@@H](C)c2cccc(OC)c2)s1. The van der Waals surface area contributed by atoms with Crippen LogP contribution in [-0.2, 0) is 13.0 Å². The van der Waals surface area contributed by atoms with Gasteiger partial charge in [-0.05, 0) is 43.2 Å². The Balaban J connectivity index is 1.94. The van der Waals surface area contributed by atoms with Crippen LogP contribution in [0.4, 0.5) is 0 Å². The minimum absolute atomic E-state index is 0.322. The van der Waals surface area contributed by atoms with Gasteiger partial charge in [-0.25, -0.2) is 0 Å². The highest BCUT2D eigenvalue weighted by molar-refractivity contribution is 7.11. The van der Waals surface area contributed by atoms with Gasteiger partial charge in [-0.2, -0.15) is 0 Å². The zero-order valence-corrected chi connectivity index (χ0v) is 12.6. The van der Waals surface area contributed by atoms with E-state index in [1.54, 1.807) is 7.11 Å². The lowest BCUT2D eigenvalue weighted by molar-refractivity contribution is 0.413. The molecule has 0 fully saturated rings. The molecule has 0 amide bonds. The van der Waals surface area contributed by atoms with Crippen LogP contribution in [0.1, 0.15) is 35.2 Å². The Hall–Kier alpha value is -1.32. The van der Waals surface area contributed by atoms with Crippen LogP contribution in [0.25, 0.3) is 0 Å². The van der Waals surface area contributed by atoms with E-state index in [2.05, 4.69) is 43.4 Å². The van der Waals surface area contributed by atoms with Gasteiger partial charge in [-0.3, -0.25) is 0 Å². The van der Waals surface area contributed by atoms with Gasteiger partial charge in [0.1, 0.15) is 5.75 Å². The molecule has 0 saturated carbocycles. The summed E-state index contributed by atoms with van der Waals surface area (Å²) in [5, 5.41) is 3.56. The van der Waals surface area contributed by atoms with E-state index in [1.165, 1.54) is 15.3 Å². The summed E-state index contributed by atoms with van der Waals surface area (Å²) in [5.74, 6) is 0.913. The molecule has 102 valence electrons. The lowest BCUT2D eigenvalue weighted by Crippen LogP contribution is -2.17. The first-order valence-corrected chi connectivity index (χ1v) is 7.49. The average Bonchev–Trinajstić information content (AvgIpc) is 2.93. The number of rotatable bonds is 6. The lowest BCUT2D eigenvalue weighted by Gasteiger charge is -2.14. The quantitative estimate of drug-likeness (QED) is 0.854. The highest BCUT2D eigenvalue weighted by atomic mass is 32.1. The summed E-state index contributed by atoms with van der Waals surface area (Å²) in [7, 11) is 1.70. The molecule has 1 heterocycles. The molecular formula is C16H21NOS. The minimum Gasteiger partial charge on any atom is -0.497 e. The molecule has 19 heavy (non-hydrogen) atoms. The highest BCUT2D eigenvalue weighted by Crippen LogP contribution is 2.21. The fourth-order valence-corrected chi connectivity index (χ4v) is 2.90. The highest BCUT2D eigenvalue weighted by Gasteiger charge is 2.06. The lowest BCUT2D eigenvalue weighted by atomic mass is 10.1. The summed E-state index contributed by atoms with van der Waals surface area (Å²) < 4.78 is 5.26. The zero-order valence-electron chi connectivity index (χ0n) is 11.8. The molecule has 2 aromatic rings. The first-order valence-electron chi connectivity index (χ1n) is 6.68. The number of ether oxygens (including phenoxy) is 1. The molecule has 2 rings (SSSR count). The van der Waals surface area contributed by atoms with Crippen LogP contribution in [-0.4, -0.2) is 7.11 Å². The van der Waals surface area contributed by atoms with Gasteiger partial charge >= 0.3 is 0 Å². The van der Waals surface area contributed by atoms with Gasteiger partial charge in [0.15, 0.2) is 0 Å². The van der Waals surface area contributed by atoms with Gasteiger partial charge in [0.25, 0.3) is 0 Å². The van der Waals surface area contributed by atoms with Crippen molar-refractivity contribution in [3.8, 4) is 5.75 Å². The minimum atomic E-state index is 0.322. The van der Waals surface area contributed by atoms with Crippen LogP contribution in [0.3, 0.4) is 0 Å². The fraction of sp³-hybridized carbons (Fsp3) is 0.375. The number of benzene rings is 1. The van der Waals surface area contributed by atoms with E-state index < -0.39 is 0 Å². The number of hydrogen-bond donors (Lipinski definition) is 1. The first-order chi connectivity index (χ1) is 9.22. The maximum Gasteiger partial charge on any atom is 0.119 e. The van der Waals surface area contributed by atoms with Crippen molar-refractivity contribution in [3.05, 3.63) is 51.7 Å². The van der Waals surface area contributed by atoms with Crippen molar-refractivity contribution >= 4 is 11.3 Å². The number of thiophene rings is 1. The van der Waals surface area contributed by atoms with E-state index in [0.717, 1.165) is 18.7 Å². The van der Waals surface area contributed by atoms with Crippen molar-refractivity contribution in [2.45, 2.75) is 32.9 Å².